The number of ether oxygens (including phenoxy) is 1. The van der Waals surface area contributed by atoms with Gasteiger partial charge in [0.15, 0.2) is 0 Å². The summed E-state index contributed by atoms with van der Waals surface area (Å²) in [6.45, 7) is 6.69. The molecule has 1 aliphatic rings. The molecule has 11 heteroatoms. The van der Waals surface area contributed by atoms with Gasteiger partial charge in [0.05, 0.1) is 22.9 Å². The van der Waals surface area contributed by atoms with E-state index in [0.717, 1.165) is 24.8 Å². The molecule has 242 valence electrons. The van der Waals surface area contributed by atoms with Crippen molar-refractivity contribution in [2.75, 3.05) is 31.5 Å². The Bertz CT molecular complexity index is 1580. The van der Waals surface area contributed by atoms with Crippen molar-refractivity contribution in [2.24, 2.45) is 0 Å². The summed E-state index contributed by atoms with van der Waals surface area (Å²) in [5, 5.41) is 18.5. The number of halogens is 1. The lowest BCUT2D eigenvalue weighted by atomic mass is 10.0. The Morgan fingerprint density at radius 1 is 1.04 bits per heavy atom. The van der Waals surface area contributed by atoms with Gasteiger partial charge < -0.3 is 25.6 Å². The lowest BCUT2D eigenvalue weighted by Crippen LogP contribution is -2.50. The van der Waals surface area contributed by atoms with Crippen LogP contribution in [0.1, 0.15) is 67.9 Å². The fraction of sp³-hybridized carbons (Fsp3) is 0.400. The molecule has 0 aliphatic carbocycles. The minimum Gasteiger partial charge on any atom is -0.444 e. The number of rotatable bonds is 11. The molecule has 0 saturated carbocycles. The van der Waals surface area contributed by atoms with Crippen LogP contribution in [-0.4, -0.2) is 65.6 Å². The molecule has 0 bridgehead atoms. The Balaban J connectivity index is 1.44. The van der Waals surface area contributed by atoms with Crippen molar-refractivity contribution in [1.29, 1.82) is 5.26 Å². The van der Waals surface area contributed by atoms with Crippen LogP contribution in [0.4, 0.5) is 15.0 Å². The summed E-state index contributed by atoms with van der Waals surface area (Å²) in [5.41, 5.74) is 2.12. The van der Waals surface area contributed by atoms with Gasteiger partial charge in [0.1, 0.15) is 17.2 Å². The Morgan fingerprint density at radius 3 is 2.61 bits per heavy atom. The number of hydrogen-bond acceptors (Lipinski definition) is 7. The molecular formula is C35H41FN6O4. The maximum Gasteiger partial charge on any atom is 0.407 e. The topological polar surface area (TPSA) is 136 Å². The van der Waals surface area contributed by atoms with E-state index in [2.05, 4.69) is 22.0 Å². The van der Waals surface area contributed by atoms with Crippen molar-refractivity contribution < 1.29 is 23.5 Å². The zero-order valence-electron chi connectivity index (χ0n) is 26.6. The van der Waals surface area contributed by atoms with Crippen LogP contribution in [0.15, 0.2) is 60.7 Å². The van der Waals surface area contributed by atoms with E-state index in [-0.39, 0.29) is 43.2 Å². The van der Waals surface area contributed by atoms with Crippen LogP contribution in [0, 0.1) is 17.1 Å². The summed E-state index contributed by atoms with van der Waals surface area (Å²) in [5.74, 6) is -0.438. The van der Waals surface area contributed by atoms with Gasteiger partial charge >= 0.3 is 6.09 Å². The molecule has 2 heterocycles. The number of aromatic nitrogens is 1. The van der Waals surface area contributed by atoms with Crippen LogP contribution in [0.2, 0.25) is 0 Å². The Morgan fingerprint density at radius 2 is 1.85 bits per heavy atom. The van der Waals surface area contributed by atoms with E-state index in [4.69, 9.17) is 9.72 Å². The number of carbonyl (C=O) groups excluding carboxylic acids is 3. The fourth-order valence-electron chi connectivity index (χ4n) is 5.32. The maximum atomic E-state index is 13.7. The summed E-state index contributed by atoms with van der Waals surface area (Å²) in [6, 6.07) is 18.8. The van der Waals surface area contributed by atoms with E-state index in [1.165, 1.54) is 12.1 Å². The number of alkyl carbamates (subject to hydrolysis) is 1. The van der Waals surface area contributed by atoms with Crippen LogP contribution in [0.25, 0.3) is 11.3 Å². The minimum atomic E-state index is -0.627. The highest BCUT2D eigenvalue weighted by Gasteiger charge is 2.27. The van der Waals surface area contributed by atoms with Crippen LogP contribution in [0.5, 0.6) is 0 Å². The van der Waals surface area contributed by atoms with E-state index in [1.54, 1.807) is 62.1 Å². The number of nitriles is 1. The molecule has 1 fully saturated rings. The Kier molecular flexibility index (Phi) is 11.7. The van der Waals surface area contributed by atoms with Crippen molar-refractivity contribution in [3.63, 3.8) is 0 Å². The molecular weight excluding hydrogens is 587 g/mol. The lowest BCUT2D eigenvalue weighted by Gasteiger charge is -2.36. The zero-order valence-corrected chi connectivity index (χ0v) is 26.6. The largest absolute Gasteiger partial charge is 0.444 e. The summed E-state index contributed by atoms with van der Waals surface area (Å²) in [6.07, 6.45) is 2.60. The zero-order chi connectivity index (χ0) is 33.1. The molecule has 0 radical (unpaired) electrons. The SMILES string of the molecule is CC(C)(C)OC(=O)NCCC(=O)N1CCCCC1CNC(=O)c1ccc(-c2ccccc2C#N)nc1NCCc1cccc(F)c1. The maximum absolute atomic E-state index is 13.7. The second-order valence-electron chi connectivity index (χ2n) is 12.2. The van der Waals surface area contributed by atoms with Gasteiger partial charge in [0.25, 0.3) is 5.91 Å². The first kappa shape index (κ1) is 33.9. The van der Waals surface area contributed by atoms with Crippen molar-refractivity contribution in [3.8, 4) is 17.3 Å². The second kappa shape index (κ2) is 15.8. The monoisotopic (exact) mass is 628 g/mol. The summed E-state index contributed by atoms with van der Waals surface area (Å²) >= 11 is 0. The quantitative estimate of drug-likeness (QED) is 0.257. The molecule has 3 aromatic rings. The van der Waals surface area contributed by atoms with Gasteiger partial charge in [-0.15, -0.1) is 0 Å². The van der Waals surface area contributed by atoms with E-state index in [1.807, 2.05) is 12.1 Å². The fourth-order valence-corrected chi connectivity index (χ4v) is 5.32. The summed E-state index contributed by atoms with van der Waals surface area (Å²) < 4.78 is 18.9. The molecule has 46 heavy (non-hydrogen) atoms. The lowest BCUT2D eigenvalue weighted by molar-refractivity contribution is -0.134. The predicted molar refractivity (Wildman–Crippen MR) is 174 cm³/mol. The van der Waals surface area contributed by atoms with Gasteiger partial charge in [-0.2, -0.15) is 5.26 Å². The molecule has 1 aromatic heterocycles. The molecule has 1 atom stereocenters. The first-order chi connectivity index (χ1) is 22.0. The minimum absolute atomic E-state index is 0.100. The standard InChI is InChI=1S/C35H41FN6O4/c1-35(2,3)46-34(45)39-19-17-31(43)42-20-7-6-12-27(42)23-40-33(44)29-14-15-30(28-13-5-4-10-25(28)22-37)41-32(29)38-18-16-24-9-8-11-26(36)21-24/h4-5,8-11,13-15,21,27H,6-7,12,16-20,23H2,1-3H3,(H,38,41)(H,39,45)(H,40,44). The van der Waals surface area contributed by atoms with Crippen LogP contribution in [-0.2, 0) is 16.0 Å². The highest BCUT2D eigenvalue weighted by molar-refractivity contribution is 5.99. The predicted octanol–water partition coefficient (Wildman–Crippen LogP) is 5.44. The second-order valence-corrected chi connectivity index (χ2v) is 12.2. The van der Waals surface area contributed by atoms with Crippen LogP contribution < -0.4 is 16.0 Å². The molecule has 1 unspecified atom stereocenters. The summed E-state index contributed by atoms with van der Waals surface area (Å²) in [4.78, 5) is 45.1. The number of pyridine rings is 1. The molecule has 10 nitrogen and oxygen atoms in total. The number of piperidine rings is 1. The van der Waals surface area contributed by atoms with E-state index < -0.39 is 11.7 Å². The molecule has 3 N–H and O–H groups in total. The van der Waals surface area contributed by atoms with Crippen molar-refractivity contribution >= 4 is 23.7 Å². The number of nitrogens with one attached hydrogen (secondary N) is 3. The van der Waals surface area contributed by atoms with E-state index in [9.17, 15) is 24.0 Å². The number of likely N-dealkylation sites (tertiary alicyclic amines) is 1. The van der Waals surface area contributed by atoms with Gasteiger partial charge in [0, 0.05) is 44.2 Å². The highest BCUT2D eigenvalue weighted by Crippen LogP contribution is 2.25. The smallest absolute Gasteiger partial charge is 0.407 e. The first-order valence-corrected chi connectivity index (χ1v) is 15.6. The van der Waals surface area contributed by atoms with E-state index >= 15 is 0 Å². The van der Waals surface area contributed by atoms with Gasteiger partial charge in [-0.05, 0) is 82.3 Å². The Hall–Kier alpha value is -4.98. The van der Waals surface area contributed by atoms with Gasteiger partial charge in [-0.25, -0.2) is 14.2 Å². The van der Waals surface area contributed by atoms with Gasteiger partial charge in [-0.3, -0.25) is 9.59 Å². The number of anilines is 1. The molecule has 1 saturated heterocycles. The number of nitrogens with zero attached hydrogens (tertiary/aromatic N) is 3. The van der Waals surface area contributed by atoms with Crippen LogP contribution in [0.3, 0.4) is 0 Å². The van der Waals surface area contributed by atoms with Crippen molar-refractivity contribution in [3.05, 3.63) is 83.2 Å². The number of carbonyl (C=O) groups is 3. The molecule has 2 aromatic carbocycles. The number of amides is 3. The van der Waals surface area contributed by atoms with Crippen molar-refractivity contribution in [2.45, 2.75) is 64.5 Å². The van der Waals surface area contributed by atoms with E-state index in [0.29, 0.717) is 47.7 Å². The highest BCUT2D eigenvalue weighted by atomic mass is 19.1. The van der Waals surface area contributed by atoms with Crippen molar-refractivity contribution in [1.82, 2.24) is 20.5 Å². The summed E-state index contributed by atoms with van der Waals surface area (Å²) in [7, 11) is 0. The van der Waals surface area contributed by atoms with Crippen LogP contribution >= 0.6 is 0 Å². The molecule has 1 aliphatic heterocycles. The average molecular weight is 629 g/mol. The average Bonchev–Trinajstić information content (AvgIpc) is 3.03. The molecule has 4 rings (SSSR count). The Labute approximate surface area is 269 Å². The number of benzene rings is 2. The molecule has 3 amide bonds. The van der Waals surface area contributed by atoms with Gasteiger partial charge in [0.2, 0.25) is 5.91 Å². The molecule has 0 spiro atoms. The third-order valence-electron chi connectivity index (χ3n) is 7.51. The third-order valence-corrected chi connectivity index (χ3v) is 7.51. The first-order valence-electron chi connectivity index (χ1n) is 15.6. The normalized spacial score (nSPS) is 14.6. The number of hydrogen-bond donors (Lipinski definition) is 3. The van der Waals surface area contributed by atoms with Gasteiger partial charge in [-0.1, -0.05) is 30.3 Å². The third kappa shape index (κ3) is 9.76.